The fourth-order valence-corrected chi connectivity index (χ4v) is 1.13. The SMILES string of the molecule is COC(=O)c1c[nH]c(CF)c(OC(F)(F)F)c1=O. The molecule has 0 aromatic carbocycles. The van der Waals surface area contributed by atoms with Crippen LogP contribution >= 0.6 is 0 Å². The van der Waals surface area contributed by atoms with Gasteiger partial charge in [0.05, 0.1) is 12.8 Å². The molecule has 1 aromatic heterocycles. The summed E-state index contributed by atoms with van der Waals surface area (Å²) in [5.41, 5.74) is -2.83. The lowest BCUT2D eigenvalue weighted by molar-refractivity contribution is -0.275. The van der Waals surface area contributed by atoms with Gasteiger partial charge in [0.15, 0.2) is 5.75 Å². The lowest BCUT2D eigenvalue weighted by atomic mass is 10.2. The lowest BCUT2D eigenvalue weighted by Crippen LogP contribution is -2.26. The molecule has 0 fully saturated rings. The molecule has 0 radical (unpaired) electrons. The highest BCUT2D eigenvalue weighted by Crippen LogP contribution is 2.23. The number of alkyl halides is 4. The summed E-state index contributed by atoms with van der Waals surface area (Å²) in [6, 6.07) is 0. The van der Waals surface area contributed by atoms with Gasteiger partial charge in [0.2, 0.25) is 5.43 Å². The molecule has 0 saturated heterocycles. The van der Waals surface area contributed by atoms with Crippen molar-refractivity contribution in [3.8, 4) is 5.75 Å². The van der Waals surface area contributed by atoms with Crippen LogP contribution in [0.1, 0.15) is 16.1 Å². The maximum atomic E-state index is 12.4. The molecule has 5 nitrogen and oxygen atoms in total. The summed E-state index contributed by atoms with van der Waals surface area (Å²) in [5, 5.41) is 0. The van der Waals surface area contributed by atoms with E-state index in [-0.39, 0.29) is 0 Å². The number of H-pyrrole nitrogens is 1. The third-order valence-corrected chi connectivity index (χ3v) is 1.87. The van der Waals surface area contributed by atoms with Crippen molar-refractivity contribution >= 4 is 5.97 Å². The van der Waals surface area contributed by atoms with Crippen LogP contribution in [0.15, 0.2) is 11.0 Å². The Kier molecular flexibility index (Phi) is 3.94. The molecule has 100 valence electrons. The second-order valence-corrected chi connectivity index (χ2v) is 3.01. The minimum atomic E-state index is -5.17. The monoisotopic (exact) mass is 269 g/mol. The van der Waals surface area contributed by atoms with E-state index in [2.05, 4.69) is 9.47 Å². The Labute approximate surface area is 97.3 Å². The Bertz CT molecular complexity index is 508. The number of halogens is 4. The zero-order chi connectivity index (χ0) is 13.9. The molecule has 0 aliphatic rings. The Hall–Kier alpha value is -2.06. The Balaban J connectivity index is 3.36. The first-order valence-electron chi connectivity index (χ1n) is 4.44. The molecule has 1 heterocycles. The van der Waals surface area contributed by atoms with Crippen LogP contribution in [0.2, 0.25) is 0 Å². The number of aromatic nitrogens is 1. The average Bonchev–Trinajstić information content (AvgIpc) is 2.29. The third kappa shape index (κ3) is 2.99. The lowest BCUT2D eigenvalue weighted by Gasteiger charge is -2.11. The summed E-state index contributed by atoms with van der Waals surface area (Å²) >= 11 is 0. The number of ether oxygens (including phenoxy) is 2. The minimum absolute atomic E-state index is 0.714. The average molecular weight is 269 g/mol. The highest BCUT2D eigenvalue weighted by Gasteiger charge is 2.34. The van der Waals surface area contributed by atoms with E-state index in [4.69, 9.17) is 0 Å². The van der Waals surface area contributed by atoms with Crippen LogP contribution in [0.5, 0.6) is 5.75 Å². The predicted octanol–water partition coefficient (Wildman–Crippen LogP) is 1.53. The van der Waals surface area contributed by atoms with Crippen LogP contribution in [0, 0.1) is 0 Å². The summed E-state index contributed by atoms with van der Waals surface area (Å²) in [6.45, 7) is -1.39. The van der Waals surface area contributed by atoms with Crippen molar-refractivity contribution in [2.75, 3.05) is 7.11 Å². The smallest absolute Gasteiger partial charge is 0.465 e. The third-order valence-electron chi connectivity index (χ3n) is 1.87. The van der Waals surface area contributed by atoms with Gasteiger partial charge in [-0.05, 0) is 0 Å². The molecule has 0 saturated carbocycles. The number of carbonyl (C=O) groups excluding carboxylic acids is 1. The van der Waals surface area contributed by atoms with Gasteiger partial charge in [0, 0.05) is 6.20 Å². The van der Waals surface area contributed by atoms with Crippen LogP contribution in [0.3, 0.4) is 0 Å². The molecule has 0 unspecified atom stereocenters. The van der Waals surface area contributed by atoms with E-state index >= 15 is 0 Å². The largest absolute Gasteiger partial charge is 0.573 e. The number of esters is 1. The first-order chi connectivity index (χ1) is 8.30. The molecule has 0 atom stereocenters. The van der Waals surface area contributed by atoms with Crippen molar-refractivity contribution < 1.29 is 31.8 Å². The number of nitrogens with one attached hydrogen (secondary N) is 1. The molecule has 1 N–H and O–H groups in total. The molecular formula is C9H7F4NO4. The number of methoxy groups -OCH3 is 1. The van der Waals surface area contributed by atoms with Gasteiger partial charge in [-0.25, -0.2) is 9.18 Å². The molecular weight excluding hydrogens is 262 g/mol. The summed E-state index contributed by atoms with van der Waals surface area (Å²) in [6.07, 6.45) is -4.42. The number of rotatable bonds is 3. The van der Waals surface area contributed by atoms with Crippen LogP contribution in [-0.4, -0.2) is 24.4 Å². The second-order valence-electron chi connectivity index (χ2n) is 3.01. The zero-order valence-corrected chi connectivity index (χ0v) is 8.93. The minimum Gasteiger partial charge on any atom is -0.465 e. The van der Waals surface area contributed by atoms with E-state index in [0.717, 1.165) is 13.3 Å². The fourth-order valence-electron chi connectivity index (χ4n) is 1.13. The Morgan fingerprint density at radius 3 is 2.50 bits per heavy atom. The van der Waals surface area contributed by atoms with E-state index in [9.17, 15) is 27.2 Å². The highest BCUT2D eigenvalue weighted by molar-refractivity contribution is 5.89. The molecule has 0 amide bonds. The normalized spacial score (nSPS) is 11.2. The quantitative estimate of drug-likeness (QED) is 0.667. The summed E-state index contributed by atoms with van der Waals surface area (Å²) in [7, 11) is 0.940. The molecule has 1 aromatic rings. The van der Waals surface area contributed by atoms with Gasteiger partial charge >= 0.3 is 12.3 Å². The van der Waals surface area contributed by atoms with Crippen molar-refractivity contribution in [3.63, 3.8) is 0 Å². The van der Waals surface area contributed by atoms with Crippen LogP contribution in [0.4, 0.5) is 17.6 Å². The number of aromatic amines is 1. The number of pyridine rings is 1. The van der Waals surface area contributed by atoms with E-state index in [1.165, 1.54) is 0 Å². The van der Waals surface area contributed by atoms with Crippen molar-refractivity contribution in [1.82, 2.24) is 4.98 Å². The van der Waals surface area contributed by atoms with Crippen molar-refractivity contribution in [1.29, 1.82) is 0 Å². The molecule has 9 heteroatoms. The molecule has 1 rings (SSSR count). The van der Waals surface area contributed by atoms with Crippen LogP contribution in [-0.2, 0) is 11.4 Å². The van der Waals surface area contributed by atoms with Gasteiger partial charge in [0.25, 0.3) is 0 Å². The van der Waals surface area contributed by atoms with Gasteiger partial charge in [-0.1, -0.05) is 0 Å². The maximum absolute atomic E-state index is 12.4. The number of hydrogen-bond acceptors (Lipinski definition) is 4. The van der Waals surface area contributed by atoms with E-state index in [0.29, 0.717) is 0 Å². The van der Waals surface area contributed by atoms with Gasteiger partial charge in [-0.3, -0.25) is 4.79 Å². The van der Waals surface area contributed by atoms with Crippen molar-refractivity contribution in [2.24, 2.45) is 0 Å². The van der Waals surface area contributed by atoms with E-state index in [1.807, 2.05) is 4.98 Å². The first-order valence-corrected chi connectivity index (χ1v) is 4.44. The molecule has 18 heavy (non-hydrogen) atoms. The van der Waals surface area contributed by atoms with Gasteiger partial charge in [-0.15, -0.1) is 13.2 Å². The zero-order valence-electron chi connectivity index (χ0n) is 8.93. The maximum Gasteiger partial charge on any atom is 0.573 e. The van der Waals surface area contributed by atoms with Crippen molar-refractivity contribution in [3.05, 3.63) is 27.7 Å². The number of hydrogen-bond donors (Lipinski definition) is 1. The summed E-state index contributed by atoms with van der Waals surface area (Å²) in [5.74, 6) is -2.47. The number of carbonyl (C=O) groups is 1. The Morgan fingerprint density at radius 2 is 2.06 bits per heavy atom. The van der Waals surface area contributed by atoms with Gasteiger partial charge < -0.3 is 14.5 Å². The Morgan fingerprint density at radius 1 is 1.44 bits per heavy atom. The molecule has 0 bridgehead atoms. The topological polar surface area (TPSA) is 68.4 Å². The van der Waals surface area contributed by atoms with Crippen molar-refractivity contribution in [2.45, 2.75) is 13.0 Å². The predicted molar refractivity (Wildman–Crippen MR) is 49.9 cm³/mol. The van der Waals surface area contributed by atoms with Gasteiger partial charge in [-0.2, -0.15) is 0 Å². The molecule has 0 aliphatic heterocycles. The fraction of sp³-hybridized carbons (Fsp3) is 0.333. The second kappa shape index (κ2) is 5.07. The first kappa shape index (κ1) is 14.0. The summed E-state index contributed by atoms with van der Waals surface area (Å²) < 4.78 is 56.1. The van der Waals surface area contributed by atoms with Crippen LogP contribution in [0.25, 0.3) is 0 Å². The standard InChI is InChI=1S/C9H7F4NO4/c1-17-8(16)4-3-14-5(2-10)7(6(4)15)18-9(11,12)13/h3H,2H2,1H3,(H,14,15). The van der Waals surface area contributed by atoms with E-state index < -0.39 is 41.4 Å². The van der Waals surface area contributed by atoms with Crippen LogP contribution < -0.4 is 10.2 Å². The highest BCUT2D eigenvalue weighted by atomic mass is 19.4. The molecule has 0 aliphatic carbocycles. The summed E-state index contributed by atoms with van der Waals surface area (Å²) in [4.78, 5) is 24.6. The van der Waals surface area contributed by atoms with Gasteiger partial charge in [0.1, 0.15) is 12.2 Å². The molecule has 0 spiro atoms. The van der Waals surface area contributed by atoms with E-state index in [1.54, 1.807) is 0 Å².